The molecule has 1 N–H and O–H groups in total. The predicted molar refractivity (Wildman–Crippen MR) is 98.5 cm³/mol. The van der Waals surface area contributed by atoms with E-state index in [-0.39, 0.29) is 17.1 Å². The highest BCUT2D eigenvalue weighted by molar-refractivity contribution is 6.01. The molecular formula is C21H17F2N5O. The Balaban J connectivity index is 1.92. The molecule has 1 fully saturated rings. The van der Waals surface area contributed by atoms with Crippen LogP contribution in [0.15, 0.2) is 18.2 Å². The van der Waals surface area contributed by atoms with Crippen molar-refractivity contribution in [2.24, 2.45) is 5.41 Å². The summed E-state index contributed by atoms with van der Waals surface area (Å²) < 4.78 is 27.7. The van der Waals surface area contributed by atoms with Crippen LogP contribution >= 0.6 is 0 Å². The molecule has 6 nitrogen and oxygen atoms in total. The first-order valence-electron chi connectivity index (χ1n) is 9.12. The molecule has 0 spiro atoms. The number of amides is 1. The lowest BCUT2D eigenvalue weighted by molar-refractivity contribution is -0.125. The highest BCUT2D eigenvalue weighted by atomic mass is 19.1. The van der Waals surface area contributed by atoms with Crippen molar-refractivity contribution in [3.05, 3.63) is 52.6 Å². The van der Waals surface area contributed by atoms with Gasteiger partial charge in [-0.2, -0.15) is 10.5 Å². The summed E-state index contributed by atoms with van der Waals surface area (Å²) in [6.07, 6.45) is 1.02. The quantitative estimate of drug-likeness (QED) is 0.842. The Morgan fingerprint density at radius 1 is 1.07 bits per heavy atom. The van der Waals surface area contributed by atoms with Crippen LogP contribution in [-0.4, -0.2) is 15.9 Å². The van der Waals surface area contributed by atoms with E-state index in [0.717, 1.165) is 18.2 Å². The largest absolute Gasteiger partial charge is 0.323 e. The number of rotatable bonds is 2. The molecule has 4 rings (SSSR count). The molecule has 2 bridgehead atoms. The maximum absolute atomic E-state index is 14.1. The van der Waals surface area contributed by atoms with E-state index in [0.29, 0.717) is 24.2 Å². The van der Waals surface area contributed by atoms with E-state index in [2.05, 4.69) is 15.3 Å². The van der Waals surface area contributed by atoms with Gasteiger partial charge in [-0.1, -0.05) is 20.8 Å². The SMILES string of the molecule is CC1(C)[C@]2(C(=O)Nc3cc(F)ccc3F)CC[C@]1(C)c1nc(C#N)c(C#N)nc12. The van der Waals surface area contributed by atoms with Gasteiger partial charge in [0.25, 0.3) is 0 Å². The van der Waals surface area contributed by atoms with E-state index >= 15 is 0 Å². The summed E-state index contributed by atoms with van der Waals surface area (Å²) in [4.78, 5) is 22.3. The highest BCUT2D eigenvalue weighted by Crippen LogP contribution is 2.70. The van der Waals surface area contributed by atoms with Gasteiger partial charge in [-0.15, -0.1) is 0 Å². The molecule has 1 amide bonds. The Morgan fingerprint density at radius 2 is 1.69 bits per heavy atom. The van der Waals surface area contributed by atoms with Crippen LogP contribution in [0.4, 0.5) is 14.5 Å². The van der Waals surface area contributed by atoms with Crippen LogP contribution in [0.25, 0.3) is 0 Å². The van der Waals surface area contributed by atoms with Gasteiger partial charge in [0.2, 0.25) is 5.91 Å². The number of nitrogens with zero attached hydrogens (tertiary/aromatic N) is 4. The molecule has 0 aliphatic heterocycles. The van der Waals surface area contributed by atoms with Crippen molar-refractivity contribution in [2.45, 2.75) is 44.4 Å². The van der Waals surface area contributed by atoms with Gasteiger partial charge < -0.3 is 5.32 Å². The van der Waals surface area contributed by atoms with Gasteiger partial charge in [0.15, 0.2) is 11.4 Å². The Morgan fingerprint density at radius 3 is 2.31 bits per heavy atom. The van der Waals surface area contributed by atoms with Crippen molar-refractivity contribution >= 4 is 11.6 Å². The van der Waals surface area contributed by atoms with Crippen LogP contribution in [0.2, 0.25) is 0 Å². The minimum atomic E-state index is -1.19. The molecule has 1 saturated carbocycles. The minimum absolute atomic E-state index is 0.0810. The molecule has 2 atom stereocenters. The maximum Gasteiger partial charge on any atom is 0.237 e. The monoisotopic (exact) mass is 393 g/mol. The van der Waals surface area contributed by atoms with E-state index < -0.39 is 33.8 Å². The fraction of sp³-hybridized carbons (Fsp3) is 0.381. The lowest BCUT2D eigenvalue weighted by Crippen LogP contribution is -2.48. The van der Waals surface area contributed by atoms with Gasteiger partial charge in [0.1, 0.15) is 23.8 Å². The lowest BCUT2D eigenvalue weighted by Gasteiger charge is -2.39. The summed E-state index contributed by atoms with van der Waals surface area (Å²) in [6.45, 7) is 5.77. The number of aromatic nitrogens is 2. The number of nitriles is 2. The smallest absolute Gasteiger partial charge is 0.237 e. The van der Waals surface area contributed by atoms with Gasteiger partial charge >= 0.3 is 0 Å². The van der Waals surface area contributed by atoms with Crippen LogP contribution in [0, 0.1) is 39.7 Å². The molecule has 2 aliphatic carbocycles. The van der Waals surface area contributed by atoms with Crippen molar-refractivity contribution in [3.8, 4) is 12.1 Å². The molecule has 0 unspecified atom stereocenters. The summed E-state index contributed by atoms with van der Waals surface area (Å²) in [5.74, 6) is -1.96. The van der Waals surface area contributed by atoms with Gasteiger partial charge in [0, 0.05) is 11.5 Å². The van der Waals surface area contributed by atoms with Gasteiger partial charge in [-0.25, -0.2) is 18.7 Å². The van der Waals surface area contributed by atoms with Gasteiger partial charge in [-0.05, 0) is 30.4 Å². The van der Waals surface area contributed by atoms with Crippen molar-refractivity contribution < 1.29 is 13.6 Å². The van der Waals surface area contributed by atoms with Gasteiger partial charge in [0.05, 0.1) is 22.5 Å². The number of fused-ring (bicyclic) bond motifs is 5. The molecular weight excluding hydrogens is 376 g/mol. The van der Waals surface area contributed by atoms with Crippen LogP contribution < -0.4 is 5.32 Å². The number of carbonyl (C=O) groups excluding carboxylic acids is 1. The second-order valence-corrected chi connectivity index (χ2v) is 8.28. The molecule has 0 saturated heterocycles. The second-order valence-electron chi connectivity index (χ2n) is 8.28. The molecule has 2 aromatic rings. The van der Waals surface area contributed by atoms with Crippen molar-refractivity contribution in [1.82, 2.24) is 9.97 Å². The Kier molecular flexibility index (Phi) is 3.79. The van der Waals surface area contributed by atoms with Crippen LogP contribution in [0.3, 0.4) is 0 Å². The summed E-state index contributed by atoms with van der Waals surface area (Å²) in [5, 5.41) is 21.2. The fourth-order valence-corrected chi connectivity index (χ4v) is 4.96. The topological polar surface area (TPSA) is 102 Å². The third kappa shape index (κ3) is 2.14. The average molecular weight is 393 g/mol. The minimum Gasteiger partial charge on any atom is -0.323 e. The third-order valence-corrected chi connectivity index (χ3v) is 7.05. The maximum atomic E-state index is 14.1. The highest BCUT2D eigenvalue weighted by Gasteiger charge is 2.73. The molecule has 2 aliphatic rings. The summed E-state index contributed by atoms with van der Waals surface area (Å²) in [5.41, 5.74) is -2.08. The average Bonchev–Trinajstić information content (AvgIpc) is 2.99. The summed E-state index contributed by atoms with van der Waals surface area (Å²) in [6, 6.07) is 6.59. The van der Waals surface area contributed by atoms with Gasteiger partial charge in [-0.3, -0.25) is 4.79 Å². The number of hydrogen-bond acceptors (Lipinski definition) is 5. The van der Waals surface area contributed by atoms with E-state index in [1.165, 1.54) is 0 Å². The molecule has 8 heteroatoms. The lowest BCUT2D eigenvalue weighted by atomic mass is 9.63. The first-order chi connectivity index (χ1) is 13.6. The number of carbonyl (C=O) groups is 1. The second kappa shape index (κ2) is 5.81. The Hall–Kier alpha value is -3.39. The zero-order valence-electron chi connectivity index (χ0n) is 16.1. The van der Waals surface area contributed by atoms with Crippen molar-refractivity contribution in [2.75, 3.05) is 5.32 Å². The van der Waals surface area contributed by atoms with Crippen LogP contribution in [0.5, 0.6) is 0 Å². The number of hydrogen-bond donors (Lipinski definition) is 1. The number of halogens is 2. The van der Waals surface area contributed by atoms with E-state index in [4.69, 9.17) is 0 Å². The Bertz CT molecular complexity index is 1160. The number of nitrogens with one attached hydrogen (secondary N) is 1. The first kappa shape index (κ1) is 18.9. The zero-order valence-corrected chi connectivity index (χ0v) is 16.1. The zero-order chi connectivity index (χ0) is 21.2. The molecule has 1 aromatic carbocycles. The molecule has 146 valence electrons. The van der Waals surface area contributed by atoms with Crippen LogP contribution in [-0.2, 0) is 15.6 Å². The molecule has 29 heavy (non-hydrogen) atoms. The van der Waals surface area contributed by atoms with Crippen molar-refractivity contribution in [1.29, 1.82) is 10.5 Å². The van der Waals surface area contributed by atoms with E-state index in [1.807, 2.05) is 32.9 Å². The van der Waals surface area contributed by atoms with Crippen LogP contribution in [0.1, 0.15) is 56.4 Å². The summed E-state index contributed by atoms with van der Waals surface area (Å²) in [7, 11) is 0. The third-order valence-electron chi connectivity index (χ3n) is 7.05. The Labute approximate surface area is 166 Å². The van der Waals surface area contributed by atoms with Crippen molar-refractivity contribution in [3.63, 3.8) is 0 Å². The molecule has 1 aromatic heterocycles. The first-order valence-corrected chi connectivity index (χ1v) is 9.12. The number of anilines is 1. The molecule has 0 radical (unpaired) electrons. The van der Waals surface area contributed by atoms with E-state index in [1.54, 1.807) is 0 Å². The number of benzene rings is 1. The predicted octanol–water partition coefficient (Wildman–Crippen LogP) is 3.47. The standard InChI is InChI=1S/C21H17F2N5O/c1-19(2)20(3)6-7-21(19,17-16(20)26-14(9-24)15(10-25)27-17)18(29)28-13-8-11(22)4-5-12(13)23/h4-5,8H,6-7H2,1-3H3,(H,28,29)/t20-,21-/m1/s1. The fourth-order valence-electron chi connectivity index (χ4n) is 4.96. The van der Waals surface area contributed by atoms with E-state index in [9.17, 15) is 24.1 Å². The molecule has 1 heterocycles. The normalized spacial score (nSPS) is 25.8. The summed E-state index contributed by atoms with van der Waals surface area (Å²) >= 11 is 0.